The van der Waals surface area contributed by atoms with Gasteiger partial charge in [-0.25, -0.2) is 4.79 Å². The van der Waals surface area contributed by atoms with Crippen LogP contribution in [-0.2, 0) is 23.8 Å². The van der Waals surface area contributed by atoms with Crippen LogP contribution in [0.25, 0.3) is 0 Å². The molecule has 0 rings (SSSR count). The van der Waals surface area contributed by atoms with Gasteiger partial charge >= 0.3 is 11.9 Å². The van der Waals surface area contributed by atoms with Crippen LogP contribution in [0.4, 0.5) is 0 Å². The van der Waals surface area contributed by atoms with Gasteiger partial charge < -0.3 is 14.2 Å². The normalized spacial score (nSPS) is 10.8. The van der Waals surface area contributed by atoms with Crippen LogP contribution in [0.3, 0.4) is 0 Å². The molecule has 0 aliphatic carbocycles. The Morgan fingerprint density at radius 1 is 0.938 bits per heavy atom. The first-order chi connectivity index (χ1) is 7.65. The molecule has 16 heavy (non-hydrogen) atoms. The van der Waals surface area contributed by atoms with Gasteiger partial charge in [0.15, 0.2) is 0 Å². The first kappa shape index (κ1) is 14.5. The fraction of sp³-hybridized carbons (Fsp3) is 0.636. The summed E-state index contributed by atoms with van der Waals surface area (Å²) in [5, 5.41) is 0. The van der Waals surface area contributed by atoms with Crippen LogP contribution in [0.2, 0.25) is 0 Å². The SMILES string of the molecule is CCOC(=O)CC=C(OCC)C(=O)OCC. The summed E-state index contributed by atoms with van der Waals surface area (Å²) in [6, 6.07) is 0. The molecule has 92 valence electrons. The van der Waals surface area contributed by atoms with Gasteiger partial charge in [0.25, 0.3) is 0 Å². The molecule has 0 aromatic heterocycles. The van der Waals surface area contributed by atoms with E-state index in [4.69, 9.17) is 14.2 Å². The quantitative estimate of drug-likeness (QED) is 0.376. The van der Waals surface area contributed by atoms with E-state index in [9.17, 15) is 9.59 Å². The van der Waals surface area contributed by atoms with Gasteiger partial charge in [0.1, 0.15) is 0 Å². The molecule has 5 nitrogen and oxygen atoms in total. The fourth-order valence-corrected chi connectivity index (χ4v) is 0.955. The standard InChI is InChI=1S/C11H18O5/c1-4-14-9(11(13)16-6-3)7-8-10(12)15-5-2/h7H,4-6,8H2,1-3H3. The second kappa shape index (κ2) is 8.76. The molecule has 0 aliphatic heterocycles. The maximum Gasteiger partial charge on any atom is 0.373 e. The van der Waals surface area contributed by atoms with Gasteiger partial charge in [-0.1, -0.05) is 0 Å². The van der Waals surface area contributed by atoms with Crippen LogP contribution in [0.15, 0.2) is 11.8 Å². The summed E-state index contributed by atoms with van der Waals surface area (Å²) in [6.07, 6.45) is 1.38. The Morgan fingerprint density at radius 2 is 1.50 bits per heavy atom. The lowest BCUT2D eigenvalue weighted by molar-refractivity contribution is -0.142. The number of rotatable bonds is 7. The Bertz CT molecular complexity index is 257. The van der Waals surface area contributed by atoms with Crippen LogP contribution in [0.5, 0.6) is 0 Å². The Labute approximate surface area is 95.4 Å². The molecule has 0 N–H and O–H groups in total. The highest BCUT2D eigenvalue weighted by atomic mass is 16.6. The van der Waals surface area contributed by atoms with Gasteiger partial charge in [-0.15, -0.1) is 0 Å². The molecule has 0 aromatic carbocycles. The highest BCUT2D eigenvalue weighted by Crippen LogP contribution is 2.03. The summed E-state index contributed by atoms with van der Waals surface area (Å²) < 4.78 is 14.5. The molecule has 0 atom stereocenters. The number of carbonyl (C=O) groups is 2. The van der Waals surface area contributed by atoms with Crippen molar-refractivity contribution in [3.63, 3.8) is 0 Å². The maximum absolute atomic E-state index is 11.3. The van der Waals surface area contributed by atoms with Crippen molar-refractivity contribution in [1.82, 2.24) is 0 Å². The molecule has 5 heteroatoms. The van der Waals surface area contributed by atoms with E-state index in [1.54, 1.807) is 20.8 Å². The Kier molecular flexibility index (Phi) is 7.93. The van der Waals surface area contributed by atoms with Gasteiger partial charge in [0.05, 0.1) is 26.2 Å². The molecule has 0 aliphatic rings. The lowest BCUT2D eigenvalue weighted by atomic mass is 10.3. The van der Waals surface area contributed by atoms with Crippen molar-refractivity contribution in [2.75, 3.05) is 19.8 Å². The number of carbonyl (C=O) groups excluding carboxylic acids is 2. The molecule has 0 heterocycles. The van der Waals surface area contributed by atoms with E-state index < -0.39 is 11.9 Å². The van der Waals surface area contributed by atoms with Gasteiger partial charge in [-0.05, 0) is 26.8 Å². The topological polar surface area (TPSA) is 61.8 Å². The summed E-state index contributed by atoms with van der Waals surface area (Å²) >= 11 is 0. The van der Waals surface area contributed by atoms with E-state index in [-0.39, 0.29) is 18.8 Å². The van der Waals surface area contributed by atoms with E-state index in [1.807, 2.05) is 0 Å². The van der Waals surface area contributed by atoms with Crippen molar-refractivity contribution in [2.45, 2.75) is 27.2 Å². The van der Waals surface area contributed by atoms with Gasteiger partial charge in [0, 0.05) is 0 Å². The van der Waals surface area contributed by atoms with Crippen molar-refractivity contribution < 1.29 is 23.8 Å². The Hall–Kier alpha value is -1.52. The molecule has 0 bridgehead atoms. The number of esters is 2. The third kappa shape index (κ3) is 6.06. The summed E-state index contributed by atoms with van der Waals surface area (Å²) in [7, 11) is 0. The number of hydrogen-bond acceptors (Lipinski definition) is 5. The smallest absolute Gasteiger partial charge is 0.373 e. The van der Waals surface area contributed by atoms with E-state index >= 15 is 0 Å². The fourth-order valence-electron chi connectivity index (χ4n) is 0.955. The molecule has 0 spiro atoms. The van der Waals surface area contributed by atoms with E-state index in [0.717, 1.165) is 0 Å². The lowest BCUT2D eigenvalue weighted by Crippen LogP contribution is -2.12. The molecule has 0 fully saturated rings. The third-order valence-electron chi connectivity index (χ3n) is 1.54. The Balaban J connectivity index is 4.33. The lowest BCUT2D eigenvalue weighted by Gasteiger charge is -2.07. The third-order valence-corrected chi connectivity index (χ3v) is 1.54. The molecule has 0 radical (unpaired) electrons. The van der Waals surface area contributed by atoms with Gasteiger partial charge in [0.2, 0.25) is 5.76 Å². The van der Waals surface area contributed by atoms with Crippen LogP contribution in [-0.4, -0.2) is 31.8 Å². The van der Waals surface area contributed by atoms with E-state index in [0.29, 0.717) is 13.2 Å². The van der Waals surface area contributed by atoms with E-state index in [1.165, 1.54) is 6.08 Å². The van der Waals surface area contributed by atoms with Gasteiger partial charge in [-0.2, -0.15) is 0 Å². The average molecular weight is 230 g/mol. The van der Waals surface area contributed by atoms with E-state index in [2.05, 4.69) is 0 Å². The highest BCUT2D eigenvalue weighted by molar-refractivity contribution is 5.87. The van der Waals surface area contributed by atoms with Crippen molar-refractivity contribution in [1.29, 1.82) is 0 Å². The second-order valence-corrected chi connectivity index (χ2v) is 2.73. The van der Waals surface area contributed by atoms with Crippen LogP contribution in [0.1, 0.15) is 27.2 Å². The van der Waals surface area contributed by atoms with Crippen LogP contribution in [0, 0.1) is 0 Å². The molecule has 0 saturated heterocycles. The Morgan fingerprint density at radius 3 is 2.00 bits per heavy atom. The van der Waals surface area contributed by atoms with Gasteiger partial charge in [-0.3, -0.25) is 4.79 Å². The molecule has 0 aromatic rings. The highest BCUT2D eigenvalue weighted by Gasteiger charge is 2.12. The predicted molar refractivity (Wildman–Crippen MR) is 57.6 cm³/mol. The van der Waals surface area contributed by atoms with Crippen molar-refractivity contribution in [2.24, 2.45) is 0 Å². The zero-order valence-electron chi connectivity index (χ0n) is 9.95. The molecule has 0 saturated carbocycles. The summed E-state index contributed by atoms with van der Waals surface area (Å²) in [6.45, 7) is 6.09. The number of ether oxygens (including phenoxy) is 3. The minimum atomic E-state index is -0.561. The minimum absolute atomic E-state index is 0.00197. The first-order valence-corrected chi connectivity index (χ1v) is 5.31. The van der Waals surface area contributed by atoms with Crippen LogP contribution < -0.4 is 0 Å². The summed E-state index contributed by atoms with van der Waals surface area (Å²) in [5.41, 5.74) is 0. The minimum Gasteiger partial charge on any atom is -0.487 e. The zero-order chi connectivity index (χ0) is 12.4. The van der Waals surface area contributed by atoms with Crippen molar-refractivity contribution >= 4 is 11.9 Å². The predicted octanol–water partition coefficient (Wildman–Crippen LogP) is 1.42. The van der Waals surface area contributed by atoms with Crippen molar-refractivity contribution in [3.05, 3.63) is 11.8 Å². The molecule has 0 unspecified atom stereocenters. The maximum atomic E-state index is 11.3. The monoisotopic (exact) mass is 230 g/mol. The summed E-state index contributed by atoms with van der Waals surface area (Å²) in [4.78, 5) is 22.4. The average Bonchev–Trinajstić information content (AvgIpc) is 2.24. The second-order valence-electron chi connectivity index (χ2n) is 2.73. The number of hydrogen-bond donors (Lipinski definition) is 0. The van der Waals surface area contributed by atoms with Crippen LogP contribution >= 0.6 is 0 Å². The summed E-state index contributed by atoms with van der Waals surface area (Å²) in [5.74, 6) is -0.907. The molecular formula is C11H18O5. The zero-order valence-corrected chi connectivity index (χ0v) is 9.95. The first-order valence-electron chi connectivity index (χ1n) is 5.31. The molecular weight excluding hydrogens is 212 g/mol. The largest absolute Gasteiger partial charge is 0.487 e. The molecule has 0 amide bonds. The van der Waals surface area contributed by atoms with Crippen molar-refractivity contribution in [3.8, 4) is 0 Å².